The van der Waals surface area contributed by atoms with Gasteiger partial charge < -0.3 is 15.8 Å². The Bertz CT molecular complexity index is 370. The smallest absolute Gasteiger partial charge is 0.0826 e. The van der Waals surface area contributed by atoms with Crippen LogP contribution in [0.3, 0.4) is 0 Å². The summed E-state index contributed by atoms with van der Waals surface area (Å²) in [5, 5.41) is 3.41. The fourth-order valence-corrected chi connectivity index (χ4v) is 2.05. The molecule has 0 radical (unpaired) electrons. The Morgan fingerprint density at radius 2 is 2.31 bits per heavy atom. The Hall–Kier alpha value is -1.22. The molecule has 88 valence electrons. The van der Waals surface area contributed by atoms with Crippen LogP contribution in [-0.2, 0) is 4.74 Å². The number of aryl methyl sites for hydroxylation is 1. The van der Waals surface area contributed by atoms with E-state index in [4.69, 9.17) is 10.5 Å². The van der Waals surface area contributed by atoms with Gasteiger partial charge in [-0.25, -0.2) is 0 Å². The van der Waals surface area contributed by atoms with Gasteiger partial charge in [0.15, 0.2) is 0 Å². The zero-order chi connectivity index (χ0) is 11.6. The minimum atomic E-state index is -0.00467. The number of anilines is 2. The van der Waals surface area contributed by atoms with Crippen LogP contribution in [0.25, 0.3) is 0 Å². The van der Waals surface area contributed by atoms with Crippen molar-refractivity contribution in [3.05, 3.63) is 23.8 Å². The van der Waals surface area contributed by atoms with Crippen LogP contribution < -0.4 is 11.1 Å². The highest BCUT2D eigenvalue weighted by Gasteiger charge is 2.29. The highest BCUT2D eigenvalue weighted by Crippen LogP contribution is 2.26. The van der Waals surface area contributed by atoms with Gasteiger partial charge in [-0.05, 0) is 50.5 Å². The molecule has 3 heteroatoms. The molecule has 0 amide bonds. The molecule has 3 nitrogen and oxygen atoms in total. The van der Waals surface area contributed by atoms with E-state index in [9.17, 15) is 0 Å². The molecular weight excluding hydrogens is 200 g/mol. The molecule has 16 heavy (non-hydrogen) atoms. The van der Waals surface area contributed by atoms with E-state index in [1.165, 1.54) is 6.42 Å². The van der Waals surface area contributed by atoms with Crippen LogP contribution in [0.4, 0.5) is 11.4 Å². The number of nitrogens with one attached hydrogen (secondary N) is 1. The maximum atomic E-state index is 5.78. The van der Waals surface area contributed by atoms with Gasteiger partial charge in [-0.3, -0.25) is 0 Å². The van der Waals surface area contributed by atoms with E-state index in [0.29, 0.717) is 0 Å². The average Bonchev–Trinajstić information content (AvgIpc) is 2.68. The Balaban J connectivity index is 1.96. The lowest BCUT2D eigenvalue weighted by Crippen LogP contribution is -2.32. The summed E-state index contributed by atoms with van der Waals surface area (Å²) in [5.74, 6) is 0. The number of nitrogens with two attached hydrogens (primary N) is 1. The molecule has 0 saturated carbocycles. The second kappa shape index (κ2) is 4.34. The van der Waals surface area contributed by atoms with Crippen LogP contribution in [0.2, 0.25) is 0 Å². The fourth-order valence-electron chi connectivity index (χ4n) is 2.05. The molecule has 1 saturated heterocycles. The highest BCUT2D eigenvalue weighted by molar-refractivity contribution is 5.56. The molecule has 1 aliphatic heterocycles. The maximum absolute atomic E-state index is 5.78. The topological polar surface area (TPSA) is 47.3 Å². The summed E-state index contributed by atoms with van der Waals surface area (Å²) < 4.78 is 5.73. The van der Waals surface area contributed by atoms with Gasteiger partial charge in [0.1, 0.15) is 0 Å². The minimum Gasteiger partial charge on any atom is -0.399 e. The van der Waals surface area contributed by atoms with Crippen molar-refractivity contribution < 1.29 is 4.74 Å². The third-order valence-corrected chi connectivity index (χ3v) is 3.24. The molecule has 1 aliphatic rings. The van der Waals surface area contributed by atoms with Gasteiger partial charge >= 0.3 is 0 Å². The summed E-state index contributed by atoms with van der Waals surface area (Å²) >= 11 is 0. The van der Waals surface area contributed by atoms with E-state index < -0.39 is 0 Å². The van der Waals surface area contributed by atoms with Crippen molar-refractivity contribution in [3.8, 4) is 0 Å². The molecule has 0 aliphatic carbocycles. The third kappa shape index (κ3) is 2.47. The molecule has 1 fully saturated rings. The van der Waals surface area contributed by atoms with Crippen LogP contribution >= 0.6 is 0 Å². The number of ether oxygens (including phenoxy) is 1. The van der Waals surface area contributed by atoms with Crippen LogP contribution in [0.15, 0.2) is 18.2 Å². The number of hydrogen-bond donors (Lipinski definition) is 2. The zero-order valence-corrected chi connectivity index (χ0v) is 10.0. The van der Waals surface area contributed by atoms with Crippen LogP contribution in [0, 0.1) is 6.92 Å². The first kappa shape index (κ1) is 11.3. The summed E-state index contributed by atoms with van der Waals surface area (Å²) in [5.41, 5.74) is 8.85. The fraction of sp³-hybridized carbons (Fsp3) is 0.538. The normalized spacial score (nSPS) is 24.6. The van der Waals surface area contributed by atoms with Crippen LogP contribution in [0.5, 0.6) is 0 Å². The zero-order valence-electron chi connectivity index (χ0n) is 10.0. The Labute approximate surface area is 97.0 Å². The van der Waals surface area contributed by atoms with E-state index in [1.54, 1.807) is 0 Å². The van der Waals surface area contributed by atoms with Crippen molar-refractivity contribution in [1.29, 1.82) is 0 Å². The summed E-state index contributed by atoms with van der Waals surface area (Å²) in [6.45, 7) is 5.93. The Morgan fingerprint density at radius 1 is 1.50 bits per heavy atom. The van der Waals surface area contributed by atoms with Gasteiger partial charge in [0.2, 0.25) is 0 Å². The lowest BCUT2D eigenvalue weighted by Gasteiger charge is -2.24. The number of nitrogen functional groups attached to an aromatic ring is 1. The van der Waals surface area contributed by atoms with Crippen molar-refractivity contribution in [2.45, 2.75) is 32.3 Å². The molecule has 1 heterocycles. The first-order valence-electron chi connectivity index (χ1n) is 5.83. The molecule has 1 atom stereocenters. The molecule has 1 unspecified atom stereocenters. The van der Waals surface area contributed by atoms with Crippen molar-refractivity contribution in [2.24, 2.45) is 0 Å². The van der Waals surface area contributed by atoms with E-state index in [1.807, 2.05) is 19.1 Å². The Kier molecular flexibility index (Phi) is 3.06. The molecule has 0 aromatic heterocycles. The molecule has 1 aromatic rings. The molecule has 2 rings (SSSR count). The van der Waals surface area contributed by atoms with Crippen molar-refractivity contribution >= 4 is 11.4 Å². The van der Waals surface area contributed by atoms with Gasteiger partial charge in [0, 0.05) is 24.5 Å². The van der Waals surface area contributed by atoms with Gasteiger partial charge in [0.05, 0.1) is 5.60 Å². The number of benzene rings is 1. The second-order valence-electron chi connectivity index (χ2n) is 4.83. The average molecular weight is 220 g/mol. The van der Waals surface area contributed by atoms with Gasteiger partial charge in [-0.2, -0.15) is 0 Å². The first-order valence-corrected chi connectivity index (χ1v) is 5.83. The second-order valence-corrected chi connectivity index (χ2v) is 4.83. The van der Waals surface area contributed by atoms with E-state index in [0.717, 1.165) is 36.5 Å². The quantitative estimate of drug-likeness (QED) is 0.770. The molecule has 0 spiro atoms. The first-order chi connectivity index (χ1) is 7.59. The summed E-state index contributed by atoms with van der Waals surface area (Å²) in [4.78, 5) is 0. The summed E-state index contributed by atoms with van der Waals surface area (Å²) in [6, 6.07) is 6.03. The number of hydrogen-bond acceptors (Lipinski definition) is 3. The molecular formula is C13H20N2O. The number of rotatable bonds is 3. The van der Waals surface area contributed by atoms with E-state index >= 15 is 0 Å². The SMILES string of the molecule is Cc1cc(NCC2(C)CCCO2)ccc1N. The van der Waals surface area contributed by atoms with Crippen molar-refractivity contribution in [2.75, 3.05) is 24.2 Å². The highest BCUT2D eigenvalue weighted by atomic mass is 16.5. The lowest BCUT2D eigenvalue weighted by atomic mass is 10.0. The van der Waals surface area contributed by atoms with E-state index in [2.05, 4.69) is 18.3 Å². The Morgan fingerprint density at radius 3 is 2.94 bits per heavy atom. The monoisotopic (exact) mass is 220 g/mol. The largest absolute Gasteiger partial charge is 0.399 e. The summed E-state index contributed by atoms with van der Waals surface area (Å²) in [6.07, 6.45) is 2.30. The lowest BCUT2D eigenvalue weighted by molar-refractivity contribution is 0.0315. The maximum Gasteiger partial charge on any atom is 0.0826 e. The predicted molar refractivity (Wildman–Crippen MR) is 67.7 cm³/mol. The van der Waals surface area contributed by atoms with Crippen LogP contribution in [-0.4, -0.2) is 18.8 Å². The molecule has 1 aromatic carbocycles. The van der Waals surface area contributed by atoms with Gasteiger partial charge in [-0.15, -0.1) is 0 Å². The van der Waals surface area contributed by atoms with Crippen molar-refractivity contribution in [1.82, 2.24) is 0 Å². The van der Waals surface area contributed by atoms with E-state index in [-0.39, 0.29) is 5.60 Å². The van der Waals surface area contributed by atoms with Crippen LogP contribution in [0.1, 0.15) is 25.3 Å². The standard InChI is InChI=1S/C13H20N2O/c1-10-8-11(4-5-12(10)14)15-9-13(2)6-3-7-16-13/h4-5,8,15H,3,6-7,9,14H2,1-2H3. The van der Waals surface area contributed by atoms with Gasteiger partial charge in [-0.1, -0.05) is 0 Å². The third-order valence-electron chi connectivity index (χ3n) is 3.24. The van der Waals surface area contributed by atoms with Crippen molar-refractivity contribution in [3.63, 3.8) is 0 Å². The predicted octanol–water partition coefficient (Wildman–Crippen LogP) is 2.56. The summed E-state index contributed by atoms with van der Waals surface area (Å²) in [7, 11) is 0. The minimum absolute atomic E-state index is 0.00467. The van der Waals surface area contributed by atoms with Gasteiger partial charge in [0.25, 0.3) is 0 Å². The molecule has 3 N–H and O–H groups in total. The molecule has 0 bridgehead atoms.